The molecule has 8 heterocycles. The summed E-state index contributed by atoms with van der Waals surface area (Å²) in [6, 6.07) is 19.8. The molecule has 2 atom stereocenters. The van der Waals surface area contributed by atoms with E-state index >= 15 is 8.78 Å². The number of benzene rings is 4. The van der Waals surface area contributed by atoms with E-state index in [0.717, 1.165) is 94.5 Å². The standard InChI is InChI=1S/C31H37FN6O3.C30H35FN6O3.BBr3.2H2S/c1-4-27(39)36-14-16-37(17-15-36)30-24-11-13-38(29-23-10-6-5-8-21(23)18-26(40-3)28(29)32)19-25(24)33-31(34-30)41-20-22-9-7-12-35(22)2;1-3-26(39)35-13-15-36(16-14-35)29-23-10-12-37(28-22-9-5-4-7-20(22)17-25(38)27(28)31)18-24(23)32-30(33-29)40-19-21-8-6-11-34(21)2;2-1(3)4;;/h4-6,8,10,18,22H,1,7,9,11-17,19-20H2,2-3H3;3-5,7,9,17,21,38H,1,6,8,10-16,18-19H2,2H3;;2*1H2/t22-;21-;;;/m00.../s1. The fourth-order valence-electron chi connectivity index (χ4n) is 12.4. The van der Waals surface area contributed by atoms with Crippen molar-refractivity contribution in [3.8, 4) is 23.5 Å². The number of phenolic OH excluding ortho intramolecular Hbond substituents is 1. The van der Waals surface area contributed by atoms with Gasteiger partial charge in [0.25, 0.3) is 0 Å². The zero-order valence-electron chi connectivity index (χ0n) is 49.4. The Labute approximate surface area is 547 Å². The van der Waals surface area contributed by atoms with Crippen LogP contribution in [-0.4, -0.2) is 185 Å². The first-order chi connectivity index (χ1) is 41.1. The Bertz CT molecular complexity index is 3420. The summed E-state index contributed by atoms with van der Waals surface area (Å²) in [7, 11) is 5.72. The molecule has 0 radical (unpaired) electrons. The van der Waals surface area contributed by atoms with E-state index in [4.69, 9.17) is 34.1 Å². The number of hydrogen-bond acceptors (Lipinski definition) is 16. The van der Waals surface area contributed by atoms with Gasteiger partial charge >= 0.3 is 15.2 Å². The maximum absolute atomic E-state index is 15.8. The fraction of sp³-hybridized carbons (Fsp3) is 0.443. The van der Waals surface area contributed by atoms with Gasteiger partial charge in [0.15, 0.2) is 23.1 Å². The van der Waals surface area contributed by atoms with Crippen molar-refractivity contribution in [1.82, 2.24) is 39.5 Å². The van der Waals surface area contributed by atoms with Gasteiger partial charge in [-0.2, -0.15) is 46.9 Å². The van der Waals surface area contributed by atoms with Gasteiger partial charge < -0.3 is 58.5 Å². The molecule has 6 aromatic rings. The van der Waals surface area contributed by atoms with Gasteiger partial charge in [0.2, 0.25) is 11.8 Å². The van der Waals surface area contributed by atoms with Crippen LogP contribution >= 0.6 is 74.3 Å². The second-order valence-corrected chi connectivity index (χ2v) is 28.5. The van der Waals surface area contributed by atoms with Crippen LogP contribution in [0.4, 0.5) is 31.8 Å². The summed E-state index contributed by atoms with van der Waals surface area (Å²) in [5.41, 5.74) is 4.62. The highest BCUT2D eigenvalue weighted by Gasteiger charge is 2.34. The van der Waals surface area contributed by atoms with E-state index in [9.17, 15) is 14.7 Å². The lowest BCUT2D eigenvalue weighted by atomic mass is 10.0. The second-order valence-electron chi connectivity index (χ2n) is 22.1. The van der Waals surface area contributed by atoms with Crippen molar-refractivity contribution in [2.75, 3.05) is 133 Å². The number of carbonyl (C=O) groups excluding carboxylic acids is 2. The van der Waals surface area contributed by atoms with Crippen molar-refractivity contribution in [3.05, 3.63) is 120 Å². The van der Waals surface area contributed by atoms with Crippen molar-refractivity contribution in [1.29, 1.82) is 0 Å². The number of phenols is 1. The number of piperazine rings is 2. The van der Waals surface area contributed by atoms with Crippen LogP contribution in [0, 0.1) is 11.6 Å². The zero-order valence-corrected chi connectivity index (χ0v) is 56.1. The third kappa shape index (κ3) is 15.5. The number of carbonyl (C=O) groups is 2. The van der Waals surface area contributed by atoms with E-state index in [1.807, 2.05) is 58.3 Å². The summed E-state index contributed by atoms with van der Waals surface area (Å²) in [5, 5.41) is 13.7. The minimum Gasteiger partial charge on any atom is -0.505 e. The lowest BCUT2D eigenvalue weighted by Gasteiger charge is -2.38. The van der Waals surface area contributed by atoms with E-state index < -0.39 is 5.82 Å². The molecule has 1 N–H and O–H groups in total. The van der Waals surface area contributed by atoms with Gasteiger partial charge in [-0.1, -0.05) is 61.7 Å². The second kappa shape index (κ2) is 30.7. The van der Waals surface area contributed by atoms with Gasteiger partial charge in [-0.05, 0) is 101 Å². The molecule has 0 aliphatic carbocycles. The highest BCUT2D eigenvalue weighted by Crippen LogP contribution is 2.42. The number of amides is 2. The average Bonchev–Trinajstić information content (AvgIpc) is 1.20. The number of nitrogens with zero attached hydrogens (tertiary/aromatic N) is 12. The van der Waals surface area contributed by atoms with E-state index in [0.29, 0.717) is 140 Å². The Hall–Kier alpha value is -5.64. The van der Waals surface area contributed by atoms with Crippen molar-refractivity contribution in [3.63, 3.8) is 0 Å². The van der Waals surface area contributed by atoms with E-state index in [2.05, 4.69) is 99.0 Å². The summed E-state index contributed by atoms with van der Waals surface area (Å²) in [6.07, 6.45) is 8.46. The minimum atomic E-state index is -0.625. The lowest BCUT2D eigenvalue weighted by molar-refractivity contribution is -0.127. The first-order valence-corrected chi connectivity index (χ1v) is 31.7. The number of rotatable bonds is 13. The molecule has 87 heavy (non-hydrogen) atoms. The SMILES string of the molecule is BrB(Br)Br.C=CC(=O)N1CCN(c2nc(OC[C@@H]3CCCN3C)nc3c2CCN(c2c(F)c(O)cc4ccccc24)C3)CC1.C=CC(=O)N1CCN(c2nc(OC[C@@H]3CCCN3C)nc3c2CCN(c2c(F)c(OC)cc4ccccc24)C3)CC1.S.S. The van der Waals surface area contributed by atoms with Gasteiger partial charge in [0.05, 0.1) is 43.0 Å². The topological polar surface area (TPSA) is 160 Å². The molecule has 0 unspecified atom stereocenters. The maximum atomic E-state index is 15.8. The number of halogens is 5. The van der Waals surface area contributed by atoms with Gasteiger partial charge in [-0.15, -0.1) is 47.3 Å². The predicted octanol–water partition coefficient (Wildman–Crippen LogP) is 9.37. The molecule has 0 saturated carbocycles. The summed E-state index contributed by atoms with van der Waals surface area (Å²) in [4.78, 5) is 60.5. The van der Waals surface area contributed by atoms with Crippen molar-refractivity contribution in [2.45, 2.75) is 63.7 Å². The molecule has 2 amide bonds. The summed E-state index contributed by atoms with van der Waals surface area (Å²) in [5.74, 6) is 0.432. The third-order valence-corrected chi connectivity index (χ3v) is 17.0. The Morgan fingerprint density at radius 3 is 1.44 bits per heavy atom. The number of anilines is 4. The number of aromatic nitrogens is 4. The Kier molecular flexibility index (Phi) is 23.8. The monoisotopic (exact) mass is 1420 g/mol. The maximum Gasteiger partial charge on any atom is 0.369 e. The van der Waals surface area contributed by atoms with Crippen LogP contribution in [-0.2, 0) is 35.5 Å². The molecule has 6 aliphatic rings. The van der Waals surface area contributed by atoms with Crippen LogP contribution in [0.25, 0.3) is 21.5 Å². The smallest absolute Gasteiger partial charge is 0.369 e. The molecule has 0 spiro atoms. The number of likely N-dealkylation sites (N-methyl/N-ethyl adjacent to an activating group) is 2. The zero-order chi connectivity index (χ0) is 59.9. The molecular formula is C61H76BBr3F2N12O6S2. The van der Waals surface area contributed by atoms with Crippen molar-refractivity contribution in [2.24, 2.45) is 0 Å². The third-order valence-electron chi connectivity index (χ3n) is 17.0. The van der Waals surface area contributed by atoms with E-state index in [1.165, 1.54) is 25.3 Å². The molecule has 4 saturated heterocycles. The van der Waals surface area contributed by atoms with Crippen LogP contribution in [0.1, 0.15) is 48.2 Å². The predicted molar refractivity (Wildman–Crippen MR) is 363 cm³/mol. The Morgan fingerprint density at radius 1 is 0.621 bits per heavy atom. The highest BCUT2D eigenvalue weighted by atomic mass is 79.9. The average molecular weight is 1430 g/mol. The molecule has 6 aliphatic heterocycles. The molecule has 12 rings (SSSR count). The number of hydrogen-bond donors (Lipinski definition) is 1. The molecule has 4 fully saturated rings. The summed E-state index contributed by atoms with van der Waals surface area (Å²) in [6.45, 7) is 17.3. The molecule has 466 valence electrons. The summed E-state index contributed by atoms with van der Waals surface area (Å²) < 4.78 is 49.3. The highest BCUT2D eigenvalue weighted by molar-refractivity contribution is 9.69. The molecule has 0 bridgehead atoms. The number of methoxy groups -OCH3 is 1. The van der Waals surface area contributed by atoms with Crippen LogP contribution in [0.2, 0.25) is 0 Å². The number of aromatic hydroxyl groups is 1. The van der Waals surface area contributed by atoms with Gasteiger partial charge in [-0.25, -0.2) is 8.78 Å². The molecule has 4 aromatic carbocycles. The Morgan fingerprint density at radius 2 is 1.03 bits per heavy atom. The Balaban J connectivity index is 0.000000208. The molecular weight excluding hydrogens is 1350 g/mol. The van der Waals surface area contributed by atoms with Crippen LogP contribution in [0.15, 0.2) is 86.0 Å². The van der Waals surface area contributed by atoms with Gasteiger partial charge in [0, 0.05) is 99.4 Å². The quantitative estimate of drug-likeness (QED) is 0.0860. The molecule has 2 aromatic heterocycles. The first-order valence-electron chi connectivity index (χ1n) is 29.0. The van der Waals surface area contributed by atoms with Crippen molar-refractivity contribution < 1.29 is 37.7 Å². The largest absolute Gasteiger partial charge is 0.505 e. The van der Waals surface area contributed by atoms with Crippen LogP contribution in [0.3, 0.4) is 0 Å². The lowest BCUT2D eigenvalue weighted by Crippen LogP contribution is -2.49. The van der Waals surface area contributed by atoms with Crippen LogP contribution < -0.4 is 33.8 Å². The summed E-state index contributed by atoms with van der Waals surface area (Å²) >= 11 is 9.31. The fourth-order valence-corrected chi connectivity index (χ4v) is 12.4. The van der Waals surface area contributed by atoms with Crippen LogP contribution in [0.5, 0.6) is 23.5 Å². The number of likely N-dealkylation sites (tertiary alicyclic amines) is 2. The van der Waals surface area contributed by atoms with E-state index in [-0.39, 0.29) is 59.3 Å². The van der Waals surface area contributed by atoms with E-state index in [1.54, 1.807) is 11.0 Å². The first kappa shape index (κ1) is 67.3. The number of ether oxygens (including phenoxy) is 3. The van der Waals surface area contributed by atoms with Gasteiger partial charge in [-0.3, -0.25) is 9.59 Å². The normalized spacial score (nSPS) is 18.5. The molecule has 26 heteroatoms. The van der Waals surface area contributed by atoms with Crippen molar-refractivity contribution >= 4 is 134 Å². The number of fused-ring (bicyclic) bond motifs is 4. The minimum absolute atomic E-state index is 0. The molecule has 18 nitrogen and oxygen atoms in total. The van der Waals surface area contributed by atoms with Gasteiger partial charge in [0.1, 0.15) is 24.8 Å².